The van der Waals surface area contributed by atoms with Gasteiger partial charge in [-0.1, -0.05) is 12.1 Å². The predicted molar refractivity (Wildman–Crippen MR) is 95.6 cm³/mol. The van der Waals surface area contributed by atoms with Gasteiger partial charge in [0.15, 0.2) is 5.11 Å². The van der Waals surface area contributed by atoms with Crippen LogP contribution in [0.5, 0.6) is 0 Å². The van der Waals surface area contributed by atoms with Crippen molar-refractivity contribution in [3.8, 4) is 0 Å². The molecule has 2 rings (SSSR count). The number of halogens is 2. The van der Waals surface area contributed by atoms with Crippen LogP contribution in [-0.2, 0) is 4.79 Å². The fourth-order valence-electron chi connectivity index (χ4n) is 1.70. The zero-order chi connectivity index (χ0) is 17.4. The molecule has 0 aliphatic heterocycles. The monoisotopic (exact) mass is 367 g/mol. The molecule has 0 fully saturated rings. The molecule has 0 aromatic heterocycles. The van der Waals surface area contributed by atoms with Crippen LogP contribution in [0.4, 0.5) is 14.5 Å². The van der Waals surface area contributed by atoms with E-state index in [9.17, 15) is 13.6 Å². The summed E-state index contributed by atoms with van der Waals surface area (Å²) in [5.41, 5.74) is 5.16. The summed E-state index contributed by atoms with van der Waals surface area (Å²) in [6.07, 6.45) is 0.247. The molecule has 0 unspecified atom stereocenters. The Bertz CT molecular complexity index is 711. The zero-order valence-electron chi connectivity index (χ0n) is 12.5. The smallest absolute Gasteiger partial charge is 0.239 e. The molecule has 24 heavy (non-hydrogen) atoms. The number of carbonyl (C=O) groups is 1. The Morgan fingerprint density at radius 3 is 2.46 bits per heavy atom. The van der Waals surface area contributed by atoms with E-state index < -0.39 is 5.82 Å². The predicted octanol–water partition coefficient (Wildman–Crippen LogP) is 3.46. The van der Waals surface area contributed by atoms with Gasteiger partial charge in [0.2, 0.25) is 5.91 Å². The highest BCUT2D eigenvalue weighted by molar-refractivity contribution is 7.99. The van der Waals surface area contributed by atoms with Gasteiger partial charge in [0.1, 0.15) is 11.6 Å². The van der Waals surface area contributed by atoms with Crippen molar-refractivity contribution < 1.29 is 13.6 Å². The zero-order valence-corrected chi connectivity index (χ0v) is 14.1. The molecule has 8 heteroatoms. The van der Waals surface area contributed by atoms with Crippen molar-refractivity contribution >= 4 is 40.7 Å². The molecule has 0 bridgehead atoms. The van der Waals surface area contributed by atoms with Gasteiger partial charge in [-0.2, -0.15) is 0 Å². The van der Waals surface area contributed by atoms with E-state index >= 15 is 0 Å². The number of hydrogen-bond donors (Lipinski definition) is 3. The third kappa shape index (κ3) is 6.13. The number of para-hydroxylation sites is 1. The van der Waals surface area contributed by atoms with Crippen LogP contribution in [0.15, 0.2) is 53.4 Å². The third-order valence-electron chi connectivity index (χ3n) is 2.85. The Balaban J connectivity index is 1.66. The van der Waals surface area contributed by atoms with Crippen LogP contribution in [0.1, 0.15) is 6.42 Å². The molecule has 126 valence electrons. The van der Waals surface area contributed by atoms with Gasteiger partial charge in [-0.3, -0.25) is 15.6 Å². The van der Waals surface area contributed by atoms with Crippen LogP contribution < -0.4 is 16.2 Å². The van der Waals surface area contributed by atoms with E-state index in [-0.39, 0.29) is 28.9 Å². The summed E-state index contributed by atoms with van der Waals surface area (Å²) >= 11 is 6.41. The standard InChI is InChI=1S/C16H15F2N3OS2/c17-11-5-7-12(8-6-11)24-10-9-15(22)20-21-16(23)19-14-4-2-1-3-13(14)18/h1-8H,9-10H2,(H,20,22)(H2,19,21,23). The lowest BCUT2D eigenvalue weighted by atomic mass is 10.3. The molecule has 0 radical (unpaired) electrons. The molecule has 2 aromatic rings. The highest BCUT2D eigenvalue weighted by atomic mass is 32.2. The van der Waals surface area contributed by atoms with Crippen LogP contribution in [0, 0.1) is 11.6 Å². The summed E-state index contributed by atoms with van der Waals surface area (Å²) in [7, 11) is 0. The number of thioether (sulfide) groups is 1. The van der Waals surface area contributed by atoms with Crippen molar-refractivity contribution in [3.05, 3.63) is 60.2 Å². The molecular weight excluding hydrogens is 352 g/mol. The molecule has 2 aromatic carbocycles. The van der Waals surface area contributed by atoms with Gasteiger partial charge < -0.3 is 5.32 Å². The minimum atomic E-state index is -0.441. The minimum Gasteiger partial charge on any atom is -0.329 e. The maximum Gasteiger partial charge on any atom is 0.239 e. The van der Waals surface area contributed by atoms with Gasteiger partial charge in [0.25, 0.3) is 0 Å². The van der Waals surface area contributed by atoms with E-state index in [0.29, 0.717) is 5.75 Å². The largest absolute Gasteiger partial charge is 0.329 e. The molecule has 3 N–H and O–H groups in total. The van der Waals surface area contributed by atoms with E-state index in [4.69, 9.17) is 12.2 Å². The Labute approximate surface area is 148 Å². The fourth-order valence-corrected chi connectivity index (χ4v) is 2.71. The third-order valence-corrected chi connectivity index (χ3v) is 4.07. The summed E-state index contributed by atoms with van der Waals surface area (Å²) in [4.78, 5) is 12.6. The lowest BCUT2D eigenvalue weighted by molar-refractivity contribution is -0.121. The maximum atomic E-state index is 13.4. The lowest BCUT2D eigenvalue weighted by Crippen LogP contribution is -2.43. The molecule has 0 aliphatic carbocycles. The van der Waals surface area contributed by atoms with Gasteiger partial charge >= 0.3 is 0 Å². The summed E-state index contributed by atoms with van der Waals surface area (Å²) in [6.45, 7) is 0. The molecule has 0 spiro atoms. The first-order chi connectivity index (χ1) is 11.5. The first kappa shape index (κ1) is 18.2. The number of hydrazine groups is 1. The van der Waals surface area contributed by atoms with E-state index in [2.05, 4.69) is 16.2 Å². The quantitative estimate of drug-likeness (QED) is 0.429. The van der Waals surface area contributed by atoms with E-state index in [0.717, 1.165) is 4.90 Å². The topological polar surface area (TPSA) is 53.2 Å². The molecule has 4 nitrogen and oxygen atoms in total. The first-order valence-electron chi connectivity index (χ1n) is 7.03. The van der Waals surface area contributed by atoms with Crippen molar-refractivity contribution in [1.82, 2.24) is 10.9 Å². The molecule has 0 saturated heterocycles. The Hall–Kier alpha value is -2.19. The number of amides is 1. The van der Waals surface area contributed by atoms with E-state index in [1.807, 2.05) is 0 Å². The van der Waals surface area contributed by atoms with Crippen molar-refractivity contribution in [1.29, 1.82) is 0 Å². The normalized spacial score (nSPS) is 10.1. The summed E-state index contributed by atoms with van der Waals surface area (Å²) < 4.78 is 26.2. The molecule has 1 amide bonds. The number of rotatable bonds is 5. The highest BCUT2D eigenvalue weighted by Gasteiger charge is 2.05. The average molecular weight is 367 g/mol. The van der Waals surface area contributed by atoms with Crippen molar-refractivity contribution in [2.45, 2.75) is 11.3 Å². The van der Waals surface area contributed by atoms with Gasteiger partial charge in [-0.15, -0.1) is 11.8 Å². The Morgan fingerprint density at radius 1 is 1.04 bits per heavy atom. The maximum absolute atomic E-state index is 13.4. The SMILES string of the molecule is O=C(CCSc1ccc(F)cc1)NNC(=S)Nc1ccccc1F. The van der Waals surface area contributed by atoms with Crippen LogP contribution >= 0.6 is 24.0 Å². The second kappa shape index (κ2) is 9.19. The van der Waals surface area contributed by atoms with Crippen LogP contribution in [0.25, 0.3) is 0 Å². The Morgan fingerprint density at radius 2 is 1.75 bits per heavy atom. The van der Waals surface area contributed by atoms with Crippen LogP contribution in [0.2, 0.25) is 0 Å². The first-order valence-corrected chi connectivity index (χ1v) is 8.43. The second-order valence-corrected chi connectivity index (χ2v) is 6.24. The van der Waals surface area contributed by atoms with Gasteiger partial charge in [0, 0.05) is 17.1 Å². The molecule has 0 aliphatic rings. The van der Waals surface area contributed by atoms with Gasteiger partial charge in [-0.05, 0) is 48.6 Å². The fraction of sp³-hybridized carbons (Fsp3) is 0.125. The van der Waals surface area contributed by atoms with Gasteiger partial charge in [-0.25, -0.2) is 8.78 Å². The highest BCUT2D eigenvalue weighted by Crippen LogP contribution is 2.18. The molecular formula is C16H15F2N3OS2. The number of nitrogens with one attached hydrogen (secondary N) is 3. The number of thiocarbonyl (C=S) groups is 1. The summed E-state index contributed by atoms with van der Waals surface area (Å²) in [5.74, 6) is -0.463. The number of anilines is 1. The second-order valence-electron chi connectivity index (χ2n) is 4.66. The van der Waals surface area contributed by atoms with Crippen LogP contribution in [-0.4, -0.2) is 16.8 Å². The minimum absolute atomic E-state index is 0.0830. The number of carbonyl (C=O) groups excluding carboxylic acids is 1. The summed E-state index contributed by atoms with van der Waals surface area (Å²) in [5, 5.41) is 2.73. The average Bonchev–Trinajstić information content (AvgIpc) is 2.57. The molecule has 0 saturated carbocycles. The molecule has 0 atom stereocenters. The van der Waals surface area contributed by atoms with Gasteiger partial charge in [0.05, 0.1) is 5.69 Å². The Kier molecular flexibility index (Phi) is 6.95. The van der Waals surface area contributed by atoms with E-state index in [1.54, 1.807) is 24.3 Å². The molecule has 0 heterocycles. The van der Waals surface area contributed by atoms with Crippen molar-refractivity contribution in [2.24, 2.45) is 0 Å². The number of benzene rings is 2. The number of hydrogen-bond acceptors (Lipinski definition) is 3. The van der Waals surface area contributed by atoms with E-state index in [1.165, 1.54) is 36.0 Å². The van der Waals surface area contributed by atoms with Crippen molar-refractivity contribution in [2.75, 3.05) is 11.1 Å². The van der Waals surface area contributed by atoms with Crippen molar-refractivity contribution in [3.63, 3.8) is 0 Å². The lowest BCUT2D eigenvalue weighted by Gasteiger charge is -2.12. The summed E-state index contributed by atoms with van der Waals surface area (Å²) in [6, 6.07) is 12.1. The van der Waals surface area contributed by atoms with Crippen LogP contribution in [0.3, 0.4) is 0 Å².